The van der Waals surface area contributed by atoms with Crippen LogP contribution in [0.5, 0.6) is 17.2 Å². The molecule has 1 saturated carbocycles. The fourth-order valence-corrected chi connectivity index (χ4v) is 17.6. The average Bonchev–Trinajstić information content (AvgIpc) is 0.739. The molecule has 616 valence electrons. The molecule has 6 rings (SSSR count). The lowest BCUT2D eigenvalue weighted by molar-refractivity contribution is -0.340. The van der Waals surface area contributed by atoms with Gasteiger partial charge >= 0.3 is 6.09 Å². The predicted molar refractivity (Wildman–Crippen MR) is 412 cm³/mol. The molecule has 0 aromatic heterocycles. The van der Waals surface area contributed by atoms with Crippen LogP contribution in [0.25, 0.3) is 0 Å². The van der Waals surface area contributed by atoms with E-state index in [1.165, 1.54) is 83.0 Å². The van der Waals surface area contributed by atoms with Crippen molar-refractivity contribution in [2.45, 2.75) is 254 Å². The number of hydroxylamine groups is 1. The van der Waals surface area contributed by atoms with Gasteiger partial charge in [0.15, 0.2) is 36.2 Å². The quantitative estimate of drug-likeness (QED) is 0.0127. The Morgan fingerprint density at radius 1 is 0.845 bits per heavy atom. The highest BCUT2D eigenvalue weighted by Crippen LogP contribution is 2.50. The number of hydrogen-bond acceptors (Lipinski definition) is 30. The van der Waals surface area contributed by atoms with Crippen molar-refractivity contribution in [2.75, 3.05) is 54.5 Å². The van der Waals surface area contributed by atoms with Crippen molar-refractivity contribution in [2.24, 2.45) is 23.5 Å². The average molecular weight is 1720 g/mol. The van der Waals surface area contributed by atoms with Gasteiger partial charge in [0.25, 0.3) is 5.91 Å². The van der Waals surface area contributed by atoms with Gasteiger partial charge in [-0.25, -0.2) is 4.79 Å². The van der Waals surface area contributed by atoms with E-state index in [4.69, 9.17) is 67.4 Å². The van der Waals surface area contributed by atoms with Crippen LogP contribution >= 0.6 is 55.9 Å². The zero-order valence-electron chi connectivity index (χ0n) is 65.1. The first-order valence-electron chi connectivity index (χ1n) is 35.9. The van der Waals surface area contributed by atoms with Crippen molar-refractivity contribution in [1.82, 2.24) is 31.9 Å². The number of hydrogen-bond donors (Lipinski definition) is 11. The second-order valence-electron chi connectivity index (χ2n) is 28.1. The highest BCUT2D eigenvalue weighted by Gasteiger charge is 2.56. The number of Topliss-reactive ketones (excluding diaryl/α,β-unsaturated/α-hetero) is 1. The normalized spacial score (nSPS) is 31.0. The summed E-state index contributed by atoms with van der Waals surface area (Å²) in [7, 11) is 9.17. The monoisotopic (exact) mass is 1720 g/mol. The van der Waals surface area contributed by atoms with E-state index in [2.05, 4.69) is 50.6 Å². The molecule has 1 aliphatic carbocycles. The first-order chi connectivity index (χ1) is 51.9. The van der Waals surface area contributed by atoms with E-state index in [1.807, 2.05) is 29.5 Å². The number of primary amides is 1. The number of nitrogens with two attached hydrogens (primary N) is 1. The molecule has 5 aliphatic rings. The van der Waals surface area contributed by atoms with Crippen LogP contribution in [0.1, 0.15) is 131 Å². The third-order valence-corrected chi connectivity index (χ3v) is 25.3. The van der Waals surface area contributed by atoms with Crippen LogP contribution in [0.3, 0.4) is 0 Å². The van der Waals surface area contributed by atoms with Gasteiger partial charge in [-0.2, -0.15) is 5.48 Å². The summed E-state index contributed by atoms with van der Waals surface area (Å²) in [6.45, 7) is 21.5. The van der Waals surface area contributed by atoms with Crippen molar-refractivity contribution in [3.05, 3.63) is 38.5 Å². The van der Waals surface area contributed by atoms with Crippen LogP contribution in [-0.2, 0) is 76.2 Å². The Kier molecular flexibility index (Phi) is 36.1. The smallest absolute Gasteiger partial charge is 0.407 e. The molecule has 1 aromatic carbocycles. The maximum absolute atomic E-state index is 14.8. The van der Waals surface area contributed by atoms with Gasteiger partial charge in [-0.3, -0.25) is 49.3 Å². The van der Waals surface area contributed by atoms with E-state index in [9.17, 15) is 63.9 Å². The molecule has 5 fully saturated rings. The Bertz CT molecular complexity index is 3570. The number of carbonyl (C=O) groups is 8. The van der Waals surface area contributed by atoms with Gasteiger partial charge in [-0.1, -0.05) is 78.0 Å². The maximum Gasteiger partial charge on any atom is 0.407 e. The fourth-order valence-electron chi connectivity index (χ4n) is 13.4. The number of hydrazine groups is 1. The summed E-state index contributed by atoms with van der Waals surface area (Å²) in [6.07, 6.45) is -16.0. The lowest BCUT2D eigenvalue weighted by Gasteiger charge is -2.49. The number of likely N-dealkylation sites (N-methyl/N-ethyl adjacent to an activating group) is 1. The van der Waals surface area contributed by atoms with Gasteiger partial charge in [0.1, 0.15) is 48.7 Å². The van der Waals surface area contributed by atoms with Crippen LogP contribution in [-0.4, -0.2) is 263 Å². The number of aliphatic hydroxyl groups is 5. The number of thioether (sulfide) groups is 1. The minimum atomic E-state index is -1.93. The number of halogens is 1. The molecule has 12 N–H and O–H groups in total. The highest BCUT2D eigenvalue weighted by molar-refractivity contribution is 14.1. The number of nitrogens with one attached hydrogen (secondary N) is 5. The van der Waals surface area contributed by atoms with Gasteiger partial charge in [0.2, 0.25) is 40.8 Å². The summed E-state index contributed by atoms with van der Waals surface area (Å²) < 4.78 is 72.8. The predicted octanol–water partition coefficient (Wildman–Crippen LogP) is 2.90. The van der Waals surface area contributed by atoms with Crippen molar-refractivity contribution < 1.29 is 126 Å². The summed E-state index contributed by atoms with van der Waals surface area (Å²) >= 11 is 2.77. The molecule has 23 atom stereocenters. The number of amides is 6. The molecule has 4 saturated heterocycles. The second kappa shape index (κ2) is 42.6. The van der Waals surface area contributed by atoms with Gasteiger partial charge in [0.05, 0.1) is 90.5 Å². The molecule has 37 heteroatoms. The number of rotatable bonds is 31. The zero-order chi connectivity index (χ0) is 82.0. The topological polar surface area (TPSA) is 447 Å². The maximum atomic E-state index is 14.8. The minimum absolute atomic E-state index is 0.000970. The van der Waals surface area contributed by atoms with Crippen molar-refractivity contribution in [3.63, 3.8) is 0 Å². The molecule has 0 bridgehead atoms. The summed E-state index contributed by atoms with van der Waals surface area (Å²) in [6, 6.07) is -4.37. The third-order valence-electron chi connectivity index (χ3n) is 19.5. The Labute approximate surface area is 667 Å². The molecule has 33 nitrogen and oxygen atoms in total. The van der Waals surface area contributed by atoms with E-state index < -0.39 is 197 Å². The van der Waals surface area contributed by atoms with Crippen LogP contribution in [0.15, 0.2) is 23.8 Å². The SMILES string of the molecule is CC#C/C=C\C#C[C@H](OC1OC(C)C(NOC2CC(O)C(SC(=O)c3c(C)c(I)c(OC4OC(C)C(O)C(OC)C4O)c(OC)c3OC)C(C)O2)C(O)C1OC1CC(OC)C(N(CC)C(C)=O)CO1)C1/C(=C\CSSC(C)(C)CC(=O)NNC(=O)[C@H](C)NC(=O)[C@@H](C)CC(N)=O)[C@](O)(C(C)C)CC(=O)C1NC(=O)OC. The minimum Gasteiger partial charge on any atom is -0.492 e. The van der Waals surface area contributed by atoms with Crippen LogP contribution in [0.4, 0.5) is 4.79 Å². The lowest BCUT2D eigenvalue weighted by atomic mass is 9.64. The molecule has 0 spiro atoms. The van der Waals surface area contributed by atoms with E-state index in [0.29, 0.717) is 15.7 Å². The van der Waals surface area contributed by atoms with E-state index in [0.717, 1.165) is 18.9 Å². The molecule has 4 heterocycles. The molecular formula is C73H108IN7O26S3. The first-order valence-corrected chi connectivity index (χ1v) is 40.2. The number of allylic oxidation sites excluding steroid dienone is 2. The van der Waals surface area contributed by atoms with Gasteiger partial charge in [-0.15, -0.1) is 5.92 Å². The number of nitrogens with zero attached hydrogens (tertiary/aromatic N) is 1. The van der Waals surface area contributed by atoms with Gasteiger partial charge < -0.3 is 104 Å². The number of alkyl carbamates (subject to hydrolysis) is 1. The standard InChI is InChI=1S/C73H108IN7O26S3/c1-19-21-22-23-24-25-46(53-42(73(94,34(3)4)31-45(84)56(53)77-71(93)99-18)26-27-108-110-72(12,13)32-49(86)78-79-67(91)37(7)76-66(90)35(5)28-48(75)85)104-70-63(105-50-30-47(95-14)43(33-100-50)81(20-2)41(11)82)58(88)55(38(8)102-70)80-107-51-29-44(83)65(40(10)101-51)109-68(92)52-36(6)54(74)61(64(98-17)60(52)96-15)106-69-59(89)62(97-16)57(87)39(9)103-69/h22-23,26,34-35,37-40,43-44,46-47,50-51,53,55-59,62-63,65,69-70,80,83,87-89,94H,20,27-33H2,1-18H3,(H2,75,85)(H,76,90)(H,77,93)(H,78,86)(H,79,91)/b23-22-,42-26+/t35-,37-,38?,39?,40?,43?,44?,46-,47?,50?,51?,53?,55?,56?,57?,58?,59?,62?,63?,65?,69?,70?,73+/m0/s1. The molecule has 110 heavy (non-hydrogen) atoms. The number of aliphatic hydroxyl groups excluding tert-OH is 4. The van der Waals surface area contributed by atoms with Gasteiger partial charge in [-0.05, 0) is 114 Å². The summed E-state index contributed by atoms with van der Waals surface area (Å²) in [5.41, 5.74) is 11.5. The van der Waals surface area contributed by atoms with Crippen molar-refractivity contribution in [3.8, 4) is 40.9 Å². The number of carbonyl (C=O) groups excluding carboxylic acids is 8. The third kappa shape index (κ3) is 23.8. The van der Waals surface area contributed by atoms with Crippen LogP contribution < -0.4 is 46.9 Å². The molecule has 19 unspecified atom stereocenters. The largest absolute Gasteiger partial charge is 0.492 e. The molecule has 0 radical (unpaired) electrons. The lowest BCUT2D eigenvalue weighted by Crippen LogP contribution is -2.66. The Hall–Kier alpha value is -5.64. The molecule has 6 amide bonds. The van der Waals surface area contributed by atoms with E-state index >= 15 is 0 Å². The molecule has 4 aliphatic heterocycles. The molecular weight excluding hydrogens is 1610 g/mol. The summed E-state index contributed by atoms with van der Waals surface area (Å²) in [5.74, 6) is 5.46. The number of ketones is 1. The van der Waals surface area contributed by atoms with Crippen molar-refractivity contribution in [1.29, 1.82) is 0 Å². The Balaban J connectivity index is 1.30. The van der Waals surface area contributed by atoms with Crippen LogP contribution in [0.2, 0.25) is 0 Å². The second-order valence-corrected chi connectivity index (χ2v) is 33.4. The number of methoxy groups -OCH3 is 5. The number of ether oxygens (including phenoxy) is 12. The van der Waals surface area contributed by atoms with Crippen molar-refractivity contribution >= 4 is 102 Å². The Morgan fingerprint density at radius 2 is 1.52 bits per heavy atom. The zero-order valence-corrected chi connectivity index (χ0v) is 69.7. The summed E-state index contributed by atoms with van der Waals surface area (Å²) in [5, 5.41) is 63.3. The number of benzene rings is 1. The molecule has 1 aromatic rings. The van der Waals surface area contributed by atoms with E-state index in [1.54, 1.807) is 73.3 Å². The van der Waals surface area contributed by atoms with Crippen LogP contribution in [0, 0.1) is 51.9 Å². The fraction of sp³-hybridized carbons (Fsp3) is 0.699. The Morgan fingerprint density at radius 3 is 2.12 bits per heavy atom. The summed E-state index contributed by atoms with van der Waals surface area (Å²) in [4.78, 5) is 114. The highest BCUT2D eigenvalue weighted by atomic mass is 127. The first kappa shape index (κ1) is 93.2. The van der Waals surface area contributed by atoms with Gasteiger partial charge in [0, 0.05) is 82.1 Å². The van der Waals surface area contributed by atoms with E-state index in [-0.39, 0.29) is 72.3 Å².